The van der Waals surface area contributed by atoms with E-state index in [1.54, 1.807) is 0 Å². The lowest BCUT2D eigenvalue weighted by Crippen LogP contribution is -2.24. The first-order chi connectivity index (χ1) is 16.2. The quantitative estimate of drug-likeness (QED) is 0.297. The first kappa shape index (κ1) is 25.5. The Morgan fingerprint density at radius 2 is 1.74 bits per heavy atom. The molecule has 0 saturated carbocycles. The lowest BCUT2D eigenvalue weighted by molar-refractivity contribution is 0.439. The molecular weight excluding hydrogens is 446 g/mol. The lowest BCUT2D eigenvalue weighted by atomic mass is 9.91. The predicted molar refractivity (Wildman–Crippen MR) is 138 cm³/mol. The van der Waals surface area contributed by atoms with E-state index in [0.717, 1.165) is 41.5 Å². The van der Waals surface area contributed by atoms with Crippen LogP contribution in [0.1, 0.15) is 55.4 Å². The maximum atomic E-state index is 13.5. The highest BCUT2D eigenvalue weighted by atomic mass is 32.2. The molecule has 3 aromatic carbocycles. The summed E-state index contributed by atoms with van der Waals surface area (Å²) in [5.41, 5.74) is 4.24. The molecular formula is C28H33NO4S. The summed E-state index contributed by atoms with van der Waals surface area (Å²) in [4.78, 5) is -0.179. The fourth-order valence-corrected chi connectivity index (χ4v) is 5.45. The first-order valence-corrected chi connectivity index (χ1v) is 13.0. The topological polar surface area (TPSA) is 86.6 Å². The monoisotopic (exact) mass is 479 g/mol. The van der Waals surface area contributed by atoms with Crippen LogP contribution in [-0.2, 0) is 23.0 Å². The second-order valence-electron chi connectivity index (χ2n) is 8.70. The van der Waals surface area contributed by atoms with Gasteiger partial charge in [0.05, 0.1) is 5.56 Å². The fraction of sp³-hybridized carbons (Fsp3) is 0.286. The smallest absolute Gasteiger partial charge is 0.244 e. The van der Waals surface area contributed by atoms with E-state index in [2.05, 4.69) is 18.2 Å². The molecule has 6 heteroatoms. The van der Waals surface area contributed by atoms with E-state index in [9.17, 15) is 18.6 Å². The number of nitrogens with one attached hydrogen (secondary N) is 1. The second kappa shape index (κ2) is 10.9. The average Bonchev–Trinajstić information content (AvgIpc) is 2.78. The maximum absolute atomic E-state index is 13.5. The van der Waals surface area contributed by atoms with Gasteiger partial charge in [0.15, 0.2) is 0 Å². The number of phenolic OH excluding ortho intramolecular Hbond substituents is 2. The fourth-order valence-electron chi connectivity index (χ4n) is 4.09. The standard InChI is InChI=1S/C28H33NO4S/c1-5-6-8-13-22-17-25(30)26(24-16-20(4)14-15-23(24)19(2)3)27(31)28(22)34(32,33)29-18-21-11-9-7-10-12-21/h7,9-12,14-17,29-31H,2,5-6,8,13,18H2,1,3-4H3. The molecule has 3 rings (SSSR count). The molecule has 3 N–H and O–H groups in total. The van der Waals surface area contributed by atoms with Gasteiger partial charge in [0, 0.05) is 6.54 Å². The minimum Gasteiger partial charge on any atom is -0.507 e. The van der Waals surface area contributed by atoms with Crippen LogP contribution in [0, 0.1) is 6.92 Å². The van der Waals surface area contributed by atoms with E-state index in [1.807, 2.05) is 62.4 Å². The third-order valence-corrected chi connectivity index (χ3v) is 7.36. The summed E-state index contributed by atoms with van der Waals surface area (Å²) in [6.07, 6.45) is 3.06. The van der Waals surface area contributed by atoms with Crippen molar-refractivity contribution >= 4 is 15.6 Å². The van der Waals surface area contributed by atoms with Gasteiger partial charge >= 0.3 is 0 Å². The molecule has 180 valence electrons. The molecule has 0 bridgehead atoms. The molecule has 0 aromatic heterocycles. The van der Waals surface area contributed by atoms with Gasteiger partial charge in [-0.3, -0.25) is 0 Å². The van der Waals surface area contributed by atoms with Gasteiger partial charge in [-0.2, -0.15) is 0 Å². The Bertz CT molecular complexity index is 1280. The molecule has 0 heterocycles. The van der Waals surface area contributed by atoms with Gasteiger partial charge in [0.2, 0.25) is 10.0 Å². The van der Waals surface area contributed by atoms with E-state index in [4.69, 9.17) is 0 Å². The van der Waals surface area contributed by atoms with Crippen molar-refractivity contribution in [3.63, 3.8) is 0 Å². The molecule has 0 saturated heterocycles. The number of benzene rings is 3. The summed E-state index contributed by atoms with van der Waals surface area (Å²) in [7, 11) is -4.08. The third kappa shape index (κ3) is 5.69. The normalized spacial score (nSPS) is 11.5. The number of rotatable bonds is 10. The summed E-state index contributed by atoms with van der Waals surface area (Å²) in [6, 6.07) is 16.3. The maximum Gasteiger partial charge on any atom is 0.244 e. The molecule has 0 aliphatic heterocycles. The van der Waals surface area contributed by atoms with Crippen molar-refractivity contribution in [3.8, 4) is 22.6 Å². The Hall–Kier alpha value is -3.09. The van der Waals surface area contributed by atoms with Crippen LogP contribution in [0.5, 0.6) is 11.5 Å². The van der Waals surface area contributed by atoms with Gasteiger partial charge in [-0.25, -0.2) is 13.1 Å². The van der Waals surface area contributed by atoms with E-state index in [1.165, 1.54) is 6.07 Å². The number of unbranched alkanes of at least 4 members (excludes halogenated alkanes) is 2. The van der Waals surface area contributed by atoms with Crippen LogP contribution < -0.4 is 4.72 Å². The van der Waals surface area contributed by atoms with Gasteiger partial charge in [-0.05, 0) is 55.0 Å². The Morgan fingerprint density at radius 1 is 1.03 bits per heavy atom. The highest BCUT2D eigenvalue weighted by Crippen LogP contribution is 2.46. The molecule has 0 unspecified atom stereocenters. The molecule has 5 nitrogen and oxygen atoms in total. The van der Waals surface area contributed by atoms with E-state index in [0.29, 0.717) is 17.5 Å². The zero-order valence-corrected chi connectivity index (χ0v) is 20.9. The average molecular weight is 480 g/mol. The summed E-state index contributed by atoms with van der Waals surface area (Å²) >= 11 is 0. The van der Waals surface area contributed by atoms with E-state index < -0.39 is 15.8 Å². The zero-order chi connectivity index (χ0) is 24.9. The van der Waals surface area contributed by atoms with Crippen LogP contribution in [-0.4, -0.2) is 18.6 Å². The van der Waals surface area contributed by atoms with Crippen LogP contribution in [0.4, 0.5) is 0 Å². The van der Waals surface area contributed by atoms with Gasteiger partial charge in [-0.1, -0.05) is 86.0 Å². The molecule has 0 fully saturated rings. The number of sulfonamides is 1. The van der Waals surface area contributed by atoms with Crippen molar-refractivity contribution in [1.29, 1.82) is 0 Å². The van der Waals surface area contributed by atoms with Crippen molar-refractivity contribution in [3.05, 3.63) is 83.4 Å². The molecule has 0 spiro atoms. The largest absolute Gasteiger partial charge is 0.507 e. The molecule has 0 aliphatic carbocycles. The lowest BCUT2D eigenvalue weighted by Gasteiger charge is -2.20. The molecule has 0 amide bonds. The van der Waals surface area contributed by atoms with Gasteiger partial charge in [-0.15, -0.1) is 0 Å². The highest BCUT2D eigenvalue weighted by Gasteiger charge is 2.29. The SMILES string of the molecule is C=C(C)c1ccc(C)cc1-c1c(O)cc(CCCCC)c(S(=O)(=O)NCc2ccccc2)c1O. The Balaban J connectivity index is 2.19. The van der Waals surface area contributed by atoms with Gasteiger partial charge in [0.25, 0.3) is 0 Å². The molecule has 3 aromatic rings. The number of hydrogen-bond donors (Lipinski definition) is 3. The van der Waals surface area contributed by atoms with Crippen LogP contribution in [0.3, 0.4) is 0 Å². The van der Waals surface area contributed by atoms with Gasteiger partial charge < -0.3 is 10.2 Å². The van der Waals surface area contributed by atoms with Crippen LogP contribution in [0.25, 0.3) is 16.7 Å². The Kier molecular flexibility index (Phi) is 8.18. The Morgan fingerprint density at radius 3 is 2.38 bits per heavy atom. The Labute approximate surface area is 202 Å². The van der Waals surface area contributed by atoms with Crippen molar-refractivity contribution in [2.75, 3.05) is 0 Å². The molecule has 0 atom stereocenters. The zero-order valence-electron chi connectivity index (χ0n) is 20.1. The number of aromatic hydroxyl groups is 2. The van der Waals surface area contributed by atoms with Gasteiger partial charge in [0.1, 0.15) is 16.4 Å². The summed E-state index contributed by atoms with van der Waals surface area (Å²) in [5.74, 6) is -0.598. The third-order valence-electron chi connectivity index (χ3n) is 5.84. The van der Waals surface area contributed by atoms with Crippen molar-refractivity contribution in [1.82, 2.24) is 4.72 Å². The summed E-state index contributed by atoms with van der Waals surface area (Å²) in [6.45, 7) is 9.90. The number of aryl methyl sites for hydroxylation is 2. The van der Waals surface area contributed by atoms with Crippen LogP contribution in [0.15, 0.2) is 66.1 Å². The molecule has 0 aliphatic rings. The van der Waals surface area contributed by atoms with Crippen molar-refractivity contribution in [2.45, 2.75) is 57.9 Å². The van der Waals surface area contributed by atoms with E-state index >= 15 is 0 Å². The van der Waals surface area contributed by atoms with E-state index in [-0.39, 0.29) is 22.8 Å². The van der Waals surface area contributed by atoms with Crippen molar-refractivity contribution < 1.29 is 18.6 Å². The molecule has 0 radical (unpaired) electrons. The van der Waals surface area contributed by atoms with Crippen LogP contribution >= 0.6 is 0 Å². The van der Waals surface area contributed by atoms with Crippen LogP contribution in [0.2, 0.25) is 0 Å². The number of phenols is 2. The predicted octanol–water partition coefficient (Wildman–Crippen LogP) is 6.32. The number of hydrogen-bond acceptors (Lipinski definition) is 4. The highest BCUT2D eigenvalue weighted by molar-refractivity contribution is 7.89. The minimum absolute atomic E-state index is 0.0919. The summed E-state index contributed by atoms with van der Waals surface area (Å²) < 4.78 is 29.6. The number of allylic oxidation sites excluding steroid dienone is 1. The first-order valence-electron chi connectivity index (χ1n) is 11.5. The summed E-state index contributed by atoms with van der Waals surface area (Å²) in [5, 5.41) is 22.4. The van der Waals surface area contributed by atoms with Crippen molar-refractivity contribution in [2.24, 2.45) is 0 Å². The minimum atomic E-state index is -4.08. The molecule has 34 heavy (non-hydrogen) atoms. The second-order valence-corrected chi connectivity index (χ2v) is 10.4.